The number of carbonyl (C=O) groups is 2. The monoisotopic (exact) mass is 353 g/mol. The summed E-state index contributed by atoms with van der Waals surface area (Å²) in [4.78, 5) is 24.5. The van der Waals surface area contributed by atoms with Gasteiger partial charge < -0.3 is 10.0 Å². The Bertz CT molecular complexity index is 704. The molecule has 4 nitrogen and oxygen atoms in total. The lowest BCUT2D eigenvalue weighted by Gasteiger charge is -2.22. The predicted octanol–water partition coefficient (Wildman–Crippen LogP) is 3.46. The number of thiophene rings is 1. The van der Waals surface area contributed by atoms with Crippen LogP contribution in [0.5, 0.6) is 0 Å². The van der Waals surface area contributed by atoms with E-state index in [0.29, 0.717) is 12.0 Å². The molecule has 0 aliphatic rings. The quantitative estimate of drug-likeness (QED) is 0.791. The highest BCUT2D eigenvalue weighted by Crippen LogP contribution is 2.14. The SMILES string of the molecule is O=C(O)CCN(Cc1ccc(F)c(F)c1)C(=O)CCc1ccsc1. The number of benzene rings is 1. The van der Waals surface area contributed by atoms with Crippen LogP contribution >= 0.6 is 11.3 Å². The highest BCUT2D eigenvalue weighted by Gasteiger charge is 2.16. The molecule has 0 spiro atoms. The highest BCUT2D eigenvalue weighted by molar-refractivity contribution is 7.07. The number of halogens is 2. The lowest BCUT2D eigenvalue weighted by molar-refractivity contribution is -0.138. The Morgan fingerprint density at radius 3 is 2.50 bits per heavy atom. The molecule has 0 radical (unpaired) electrons. The van der Waals surface area contributed by atoms with E-state index in [-0.39, 0.29) is 31.8 Å². The summed E-state index contributed by atoms with van der Waals surface area (Å²) < 4.78 is 26.3. The van der Waals surface area contributed by atoms with Gasteiger partial charge in [-0.2, -0.15) is 11.3 Å². The van der Waals surface area contributed by atoms with Crippen LogP contribution in [0.4, 0.5) is 8.78 Å². The molecule has 128 valence electrons. The number of aryl methyl sites for hydroxylation is 1. The molecule has 2 rings (SSSR count). The minimum atomic E-state index is -1.02. The summed E-state index contributed by atoms with van der Waals surface area (Å²) in [6.45, 7) is 0.0732. The number of amides is 1. The average molecular weight is 353 g/mol. The molecule has 1 amide bonds. The van der Waals surface area contributed by atoms with Crippen LogP contribution in [0.15, 0.2) is 35.0 Å². The van der Waals surface area contributed by atoms with E-state index in [0.717, 1.165) is 17.7 Å². The summed E-state index contributed by atoms with van der Waals surface area (Å²) in [5, 5.41) is 12.7. The maximum atomic E-state index is 13.3. The molecule has 1 aromatic heterocycles. The fourth-order valence-corrected chi connectivity index (χ4v) is 2.93. The first-order valence-corrected chi connectivity index (χ1v) is 8.34. The Balaban J connectivity index is 2.03. The fourth-order valence-electron chi connectivity index (χ4n) is 2.23. The van der Waals surface area contributed by atoms with Gasteiger partial charge >= 0.3 is 5.97 Å². The molecule has 0 bridgehead atoms. The van der Waals surface area contributed by atoms with E-state index in [1.807, 2.05) is 16.8 Å². The van der Waals surface area contributed by atoms with Crippen molar-refractivity contribution in [1.29, 1.82) is 0 Å². The zero-order valence-corrected chi connectivity index (χ0v) is 13.7. The lowest BCUT2D eigenvalue weighted by Crippen LogP contribution is -2.32. The summed E-state index contributed by atoms with van der Waals surface area (Å²) in [5.74, 6) is -3.18. The summed E-state index contributed by atoms with van der Waals surface area (Å²) in [6.07, 6.45) is 0.595. The molecule has 24 heavy (non-hydrogen) atoms. The molecule has 0 aliphatic heterocycles. The molecule has 0 saturated heterocycles. The topological polar surface area (TPSA) is 57.6 Å². The summed E-state index contributed by atoms with van der Waals surface area (Å²) in [5.41, 5.74) is 1.46. The molecular weight excluding hydrogens is 336 g/mol. The number of hydrogen-bond acceptors (Lipinski definition) is 3. The maximum Gasteiger partial charge on any atom is 0.305 e. The Morgan fingerprint density at radius 2 is 1.88 bits per heavy atom. The van der Waals surface area contributed by atoms with Crippen molar-refractivity contribution >= 4 is 23.2 Å². The highest BCUT2D eigenvalue weighted by atomic mass is 32.1. The van der Waals surface area contributed by atoms with Gasteiger partial charge in [-0.25, -0.2) is 8.78 Å². The van der Waals surface area contributed by atoms with Gasteiger partial charge in [-0.3, -0.25) is 9.59 Å². The van der Waals surface area contributed by atoms with Crippen LogP contribution in [0.2, 0.25) is 0 Å². The lowest BCUT2D eigenvalue weighted by atomic mass is 10.1. The minimum absolute atomic E-state index is 0.0246. The van der Waals surface area contributed by atoms with Crippen molar-refractivity contribution in [3.8, 4) is 0 Å². The van der Waals surface area contributed by atoms with Gasteiger partial charge in [-0.05, 0) is 46.5 Å². The van der Waals surface area contributed by atoms with E-state index in [1.165, 1.54) is 22.3 Å². The van der Waals surface area contributed by atoms with Gasteiger partial charge in [-0.15, -0.1) is 0 Å². The molecular formula is C17H17F2NO3S. The number of aliphatic carboxylic acids is 1. The van der Waals surface area contributed by atoms with Crippen molar-refractivity contribution < 1.29 is 23.5 Å². The molecule has 0 atom stereocenters. The number of hydrogen-bond donors (Lipinski definition) is 1. The van der Waals surface area contributed by atoms with Crippen LogP contribution in [0.25, 0.3) is 0 Å². The zero-order valence-electron chi connectivity index (χ0n) is 12.9. The summed E-state index contributed by atoms with van der Waals surface area (Å²) in [6, 6.07) is 5.33. The third-order valence-electron chi connectivity index (χ3n) is 3.51. The predicted molar refractivity (Wildman–Crippen MR) is 86.7 cm³/mol. The van der Waals surface area contributed by atoms with E-state index in [4.69, 9.17) is 5.11 Å². The minimum Gasteiger partial charge on any atom is -0.481 e. The Labute approximate surface area is 142 Å². The normalized spacial score (nSPS) is 10.6. The smallest absolute Gasteiger partial charge is 0.305 e. The molecule has 2 aromatic rings. The van der Waals surface area contributed by atoms with Crippen molar-refractivity contribution in [3.05, 3.63) is 57.8 Å². The first kappa shape index (κ1) is 18.1. The van der Waals surface area contributed by atoms with Gasteiger partial charge in [0.1, 0.15) is 0 Å². The van der Waals surface area contributed by atoms with Crippen molar-refractivity contribution in [3.63, 3.8) is 0 Å². The zero-order chi connectivity index (χ0) is 17.5. The number of carboxylic acids is 1. The molecule has 1 N–H and O–H groups in total. The maximum absolute atomic E-state index is 13.3. The number of carboxylic acid groups (broad SMARTS) is 1. The van der Waals surface area contributed by atoms with Crippen molar-refractivity contribution in [2.24, 2.45) is 0 Å². The van der Waals surface area contributed by atoms with Crippen molar-refractivity contribution in [2.75, 3.05) is 6.54 Å². The number of rotatable bonds is 8. The number of nitrogens with zero attached hydrogens (tertiary/aromatic N) is 1. The van der Waals surface area contributed by atoms with Crippen LogP contribution in [-0.2, 0) is 22.6 Å². The van der Waals surface area contributed by atoms with Gasteiger partial charge in [0.2, 0.25) is 5.91 Å². The molecule has 0 saturated carbocycles. The van der Waals surface area contributed by atoms with Crippen LogP contribution < -0.4 is 0 Å². The second-order valence-electron chi connectivity index (χ2n) is 5.34. The second kappa shape index (κ2) is 8.54. The second-order valence-corrected chi connectivity index (χ2v) is 6.12. The summed E-state index contributed by atoms with van der Waals surface area (Å²) in [7, 11) is 0. The van der Waals surface area contributed by atoms with Gasteiger partial charge in [-0.1, -0.05) is 6.07 Å². The Kier molecular flexibility index (Phi) is 6.43. The Hall–Kier alpha value is -2.28. The third-order valence-corrected chi connectivity index (χ3v) is 4.25. The van der Waals surface area contributed by atoms with Crippen LogP contribution in [0.1, 0.15) is 24.0 Å². The van der Waals surface area contributed by atoms with E-state index >= 15 is 0 Å². The van der Waals surface area contributed by atoms with Gasteiger partial charge in [0.15, 0.2) is 11.6 Å². The standard InChI is InChI=1S/C17H17F2NO3S/c18-14-3-1-13(9-15(14)19)10-20(7-5-17(22)23)16(21)4-2-12-6-8-24-11-12/h1,3,6,8-9,11H,2,4-5,7,10H2,(H,22,23). The molecule has 7 heteroatoms. The first-order valence-electron chi connectivity index (χ1n) is 7.40. The van der Waals surface area contributed by atoms with E-state index < -0.39 is 17.6 Å². The molecule has 1 heterocycles. The van der Waals surface area contributed by atoms with Crippen LogP contribution in [-0.4, -0.2) is 28.4 Å². The van der Waals surface area contributed by atoms with Crippen molar-refractivity contribution in [1.82, 2.24) is 4.90 Å². The summed E-state index contributed by atoms with van der Waals surface area (Å²) >= 11 is 1.54. The molecule has 0 aliphatic carbocycles. The van der Waals surface area contributed by atoms with Crippen LogP contribution in [0, 0.1) is 11.6 Å². The van der Waals surface area contributed by atoms with E-state index in [2.05, 4.69) is 0 Å². The fraction of sp³-hybridized carbons (Fsp3) is 0.294. The van der Waals surface area contributed by atoms with Gasteiger partial charge in [0, 0.05) is 19.5 Å². The van der Waals surface area contributed by atoms with E-state index in [1.54, 1.807) is 0 Å². The number of carbonyl (C=O) groups excluding carboxylic acids is 1. The van der Waals surface area contributed by atoms with Crippen LogP contribution in [0.3, 0.4) is 0 Å². The van der Waals surface area contributed by atoms with Gasteiger partial charge in [0.25, 0.3) is 0 Å². The van der Waals surface area contributed by atoms with Crippen molar-refractivity contribution in [2.45, 2.75) is 25.8 Å². The van der Waals surface area contributed by atoms with Gasteiger partial charge in [0.05, 0.1) is 6.42 Å². The largest absolute Gasteiger partial charge is 0.481 e. The average Bonchev–Trinajstić information content (AvgIpc) is 3.05. The van der Waals surface area contributed by atoms with E-state index in [9.17, 15) is 18.4 Å². The Morgan fingerprint density at radius 1 is 1.08 bits per heavy atom. The molecule has 1 aromatic carbocycles. The molecule has 0 unspecified atom stereocenters. The molecule has 0 fully saturated rings. The third kappa shape index (κ3) is 5.42. The first-order chi connectivity index (χ1) is 11.5.